The van der Waals surface area contributed by atoms with Crippen molar-refractivity contribution in [3.05, 3.63) is 59.9 Å². The largest absolute Gasteiger partial charge is 0.371 e. The van der Waals surface area contributed by atoms with Crippen LogP contribution in [0.1, 0.15) is 38.3 Å². The Bertz CT molecular complexity index is 1010. The SMILES string of the molecule is C[C@@H]1CCCN(c2ccc([C@@H](C)NC(=O)CN(c3ccccc3F)S(C)(=O)=O)cc2)C1. The summed E-state index contributed by atoms with van der Waals surface area (Å²) in [6.45, 7) is 5.70. The van der Waals surface area contributed by atoms with Gasteiger partial charge in [0.05, 0.1) is 18.0 Å². The van der Waals surface area contributed by atoms with Crippen LogP contribution in [0.3, 0.4) is 0 Å². The Morgan fingerprint density at radius 1 is 1.23 bits per heavy atom. The normalized spacial score (nSPS) is 17.8. The molecule has 1 fully saturated rings. The zero-order valence-electron chi connectivity index (χ0n) is 18.2. The molecule has 2 atom stereocenters. The van der Waals surface area contributed by atoms with Gasteiger partial charge < -0.3 is 10.2 Å². The van der Waals surface area contributed by atoms with E-state index in [4.69, 9.17) is 0 Å². The molecule has 0 bridgehead atoms. The first-order chi connectivity index (χ1) is 14.6. The number of piperidine rings is 1. The smallest absolute Gasteiger partial charge is 0.241 e. The number of rotatable bonds is 7. The van der Waals surface area contributed by atoms with Crippen LogP contribution in [0, 0.1) is 11.7 Å². The highest BCUT2D eigenvalue weighted by molar-refractivity contribution is 7.92. The monoisotopic (exact) mass is 447 g/mol. The number of benzene rings is 2. The van der Waals surface area contributed by atoms with E-state index in [0.717, 1.165) is 34.9 Å². The first kappa shape index (κ1) is 23.1. The van der Waals surface area contributed by atoms with Crippen molar-refractivity contribution in [2.45, 2.75) is 32.7 Å². The molecule has 2 aromatic carbocycles. The maximum absolute atomic E-state index is 14.1. The fourth-order valence-corrected chi connectivity index (χ4v) is 4.79. The number of halogens is 1. The topological polar surface area (TPSA) is 69.7 Å². The third-order valence-electron chi connectivity index (χ3n) is 5.60. The summed E-state index contributed by atoms with van der Waals surface area (Å²) in [6, 6.07) is 13.2. The molecule has 8 heteroatoms. The molecule has 1 saturated heterocycles. The van der Waals surface area contributed by atoms with Crippen LogP contribution in [0.25, 0.3) is 0 Å². The van der Waals surface area contributed by atoms with Crippen LogP contribution < -0.4 is 14.5 Å². The van der Waals surface area contributed by atoms with E-state index in [9.17, 15) is 17.6 Å². The minimum Gasteiger partial charge on any atom is -0.371 e. The summed E-state index contributed by atoms with van der Waals surface area (Å²) >= 11 is 0. The van der Waals surface area contributed by atoms with Gasteiger partial charge in [0.1, 0.15) is 12.4 Å². The lowest BCUT2D eigenvalue weighted by atomic mass is 9.99. The van der Waals surface area contributed by atoms with E-state index in [0.29, 0.717) is 5.92 Å². The number of sulfonamides is 1. The molecule has 1 aliphatic heterocycles. The second-order valence-corrected chi connectivity index (χ2v) is 10.2. The molecule has 0 aromatic heterocycles. The molecule has 0 radical (unpaired) electrons. The molecule has 31 heavy (non-hydrogen) atoms. The third-order valence-corrected chi connectivity index (χ3v) is 6.73. The minimum atomic E-state index is -3.83. The van der Waals surface area contributed by atoms with Crippen LogP contribution >= 0.6 is 0 Å². The van der Waals surface area contributed by atoms with Gasteiger partial charge in [0.2, 0.25) is 15.9 Å². The first-order valence-corrected chi connectivity index (χ1v) is 12.4. The van der Waals surface area contributed by atoms with Gasteiger partial charge in [-0.15, -0.1) is 0 Å². The van der Waals surface area contributed by atoms with Crippen molar-refractivity contribution >= 4 is 27.3 Å². The second-order valence-electron chi connectivity index (χ2n) is 8.30. The molecule has 0 spiro atoms. The quantitative estimate of drug-likeness (QED) is 0.703. The molecule has 1 heterocycles. The summed E-state index contributed by atoms with van der Waals surface area (Å²) in [4.78, 5) is 14.9. The molecule has 0 aliphatic carbocycles. The molecule has 1 amide bonds. The number of para-hydroxylation sites is 1. The van der Waals surface area contributed by atoms with Gasteiger partial charge in [-0.3, -0.25) is 9.10 Å². The fraction of sp³-hybridized carbons (Fsp3) is 0.435. The van der Waals surface area contributed by atoms with Crippen LogP contribution in [0.5, 0.6) is 0 Å². The number of hydrogen-bond donors (Lipinski definition) is 1. The van der Waals surface area contributed by atoms with E-state index in [1.165, 1.54) is 37.1 Å². The molecule has 6 nitrogen and oxygen atoms in total. The molecule has 0 saturated carbocycles. The van der Waals surface area contributed by atoms with Crippen LogP contribution in [0.15, 0.2) is 48.5 Å². The lowest BCUT2D eigenvalue weighted by molar-refractivity contribution is -0.120. The van der Waals surface area contributed by atoms with Crippen molar-refractivity contribution < 1.29 is 17.6 Å². The maximum atomic E-state index is 14.1. The second kappa shape index (κ2) is 9.68. The maximum Gasteiger partial charge on any atom is 0.241 e. The van der Waals surface area contributed by atoms with Crippen molar-refractivity contribution in [1.29, 1.82) is 0 Å². The molecule has 1 aliphatic rings. The van der Waals surface area contributed by atoms with Crippen molar-refractivity contribution in [3.8, 4) is 0 Å². The van der Waals surface area contributed by atoms with Crippen LogP contribution in [0.2, 0.25) is 0 Å². The van der Waals surface area contributed by atoms with E-state index in [1.807, 2.05) is 19.1 Å². The zero-order valence-corrected chi connectivity index (χ0v) is 19.0. The highest BCUT2D eigenvalue weighted by atomic mass is 32.2. The Labute approximate surface area is 184 Å². The lowest BCUT2D eigenvalue weighted by Gasteiger charge is -2.33. The van der Waals surface area contributed by atoms with Crippen molar-refractivity contribution in [2.24, 2.45) is 5.92 Å². The standard InChI is InChI=1S/C23H30FN3O3S/c1-17-7-6-14-26(15-17)20-12-10-19(11-13-20)18(2)25-23(28)16-27(31(3,29)30)22-9-5-4-8-21(22)24/h4-5,8-13,17-18H,6-7,14-16H2,1-3H3,(H,25,28)/t17-,18-/m1/s1. The predicted octanol–water partition coefficient (Wildman–Crippen LogP) is 3.71. The van der Waals surface area contributed by atoms with Gasteiger partial charge in [0, 0.05) is 18.8 Å². The van der Waals surface area contributed by atoms with E-state index < -0.39 is 28.3 Å². The van der Waals surface area contributed by atoms with Gasteiger partial charge in [-0.1, -0.05) is 31.2 Å². The lowest BCUT2D eigenvalue weighted by Crippen LogP contribution is -2.41. The highest BCUT2D eigenvalue weighted by Gasteiger charge is 2.24. The molecule has 2 aromatic rings. The summed E-state index contributed by atoms with van der Waals surface area (Å²) in [5.41, 5.74) is 1.93. The van der Waals surface area contributed by atoms with E-state index in [2.05, 4.69) is 29.3 Å². The number of anilines is 2. The van der Waals surface area contributed by atoms with Crippen LogP contribution in [0.4, 0.5) is 15.8 Å². The Kier molecular flexibility index (Phi) is 7.20. The molecule has 3 rings (SSSR count). The number of nitrogens with one attached hydrogen (secondary N) is 1. The average Bonchev–Trinajstić information content (AvgIpc) is 2.72. The zero-order chi connectivity index (χ0) is 22.6. The predicted molar refractivity (Wildman–Crippen MR) is 122 cm³/mol. The Morgan fingerprint density at radius 3 is 2.52 bits per heavy atom. The van der Waals surface area contributed by atoms with Gasteiger partial charge in [0.15, 0.2) is 0 Å². The minimum absolute atomic E-state index is 0.145. The van der Waals surface area contributed by atoms with Crippen LogP contribution in [-0.2, 0) is 14.8 Å². The number of nitrogens with zero attached hydrogens (tertiary/aromatic N) is 2. The summed E-state index contributed by atoms with van der Waals surface area (Å²) in [5.74, 6) is -0.523. The fourth-order valence-electron chi connectivity index (χ4n) is 3.93. The summed E-state index contributed by atoms with van der Waals surface area (Å²) in [7, 11) is -3.83. The van der Waals surface area contributed by atoms with Gasteiger partial charge in [-0.25, -0.2) is 12.8 Å². The third kappa shape index (κ3) is 5.97. The van der Waals surface area contributed by atoms with Gasteiger partial charge in [-0.2, -0.15) is 0 Å². The molecular weight excluding hydrogens is 417 g/mol. The number of carbonyl (C=O) groups is 1. The highest BCUT2D eigenvalue weighted by Crippen LogP contribution is 2.25. The molecule has 0 unspecified atom stereocenters. The summed E-state index contributed by atoms with van der Waals surface area (Å²) in [5, 5.41) is 2.81. The van der Waals surface area contributed by atoms with E-state index in [1.54, 1.807) is 0 Å². The molecular formula is C23H30FN3O3S. The Hall–Kier alpha value is -2.61. The van der Waals surface area contributed by atoms with Crippen molar-refractivity contribution in [2.75, 3.05) is 35.1 Å². The Balaban J connectivity index is 1.66. The number of carbonyl (C=O) groups excluding carboxylic acids is 1. The summed E-state index contributed by atoms with van der Waals surface area (Å²) in [6.07, 6.45) is 3.40. The molecule has 1 N–H and O–H groups in total. The number of hydrogen-bond acceptors (Lipinski definition) is 4. The van der Waals surface area contributed by atoms with Gasteiger partial charge in [-0.05, 0) is 55.5 Å². The number of amides is 1. The van der Waals surface area contributed by atoms with Crippen molar-refractivity contribution in [3.63, 3.8) is 0 Å². The first-order valence-electron chi connectivity index (χ1n) is 10.5. The van der Waals surface area contributed by atoms with E-state index in [-0.39, 0.29) is 11.7 Å². The van der Waals surface area contributed by atoms with Crippen molar-refractivity contribution in [1.82, 2.24) is 5.32 Å². The summed E-state index contributed by atoms with van der Waals surface area (Å²) < 4.78 is 39.2. The van der Waals surface area contributed by atoms with E-state index >= 15 is 0 Å². The average molecular weight is 448 g/mol. The molecule has 168 valence electrons. The Morgan fingerprint density at radius 2 is 1.90 bits per heavy atom. The van der Waals surface area contributed by atoms with Gasteiger partial charge >= 0.3 is 0 Å². The van der Waals surface area contributed by atoms with Crippen LogP contribution in [-0.4, -0.2) is 40.2 Å². The van der Waals surface area contributed by atoms with Gasteiger partial charge in [0.25, 0.3) is 0 Å².